The molecule has 0 unspecified atom stereocenters. The summed E-state index contributed by atoms with van der Waals surface area (Å²) in [5.41, 5.74) is 8.78. The van der Waals surface area contributed by atoms with E-state index < -0.39 is 0 Å². The normalized spacial score (nSPS) is 18.3. The molecule has 1 fully saturated rings. The summed E-state index contributed by atoms with van der Waals surface area (Å²) in [7, 11) is 0. The molecule has 0 aromatic carbocycles. The first-order valence-corrected chi connectivity index (χ1v) is 5.55. The lowest BCUT2D eigenvalue weighted by molar-refractivity contribution is 0.0599. The molecule has 0 aliphatic carbocycles. The van der Waals surface area contributed by atoms with Gasteiger partial charge in [0, 0.05) is 19.8 Å². The molecule has 2 N–H and O–H groups in total. The van der Waals surface area contributed by atoms with E-state index in [9.17, 15) is 0 Å². The van der Waals surface area contributed by atoms with Gasteiger partial charge in [0.05, 0.1) is 17.1 Å². The Kier molecular flexibility index (Phi) is 2.95. The number of hydrogen-bond donors (Lipinski definition) is 1. The second-order valence-electron chi connectivity index (χ2n) is 4.32. The first-order valence-electron chi connectivity index (χ1n) is 5.55. The molecule has 84 valence electrons. The van der Waals surface area contributed by atoms with Crippen LogP contribution in [-0.2, 0) is 11.3 Å². The van der Waals surface area contributed by atoms with E-state index >= 15 is 0 Å². The van der Waals surface area contributed by atoms with Gasteiger partial charge in [0.15, 0.2) is 0 Å². The highest BCUT2D eigenvalue weighted by Gasteiger charge is 2.17. The second-order valence-corrected chi connectivity index (χ2v) is 4.32. The molecule has 4 heteroatoms. The monoisotopic (exact) mass is 209 g/mol. The van der Waals surface area contributed by atoms with E-state index in [2.05, 4.69) is 5.10 Å². The molecular formula is C11H19N3O. The van der Waals surface area contributed by atoms with Gasteiger partial charge in [-0.3, -0.25) is 4.68 Å². The fraction of sp³-hybridized carbons (Fsp3) is 0.727. The summed E-state index contributed by atoms with van der Waals surface area (Å²) >= 11 is 0. The highest BCUT2D eigenvalue weighted by atomic mass is 16.5. The number of nitrogens with zero attached hydrogens (tertiary/aromatic N) is 2. The Morgan fingerprint density at radius 2 is 2.07 bits per heavy atom. The third-order valence-electron chi connectivity index (χ3n) is 3.21. The largest absolute Gasteiger partial charge is 0.396 e. The number of hydrogen-bond acceptors (Lipinski definition) is 3. The number of aromatic nitrogens is 2. The summed E-state index contributed by atoms with van der Waals surface area (Å²) in [6.07, 6.45) is 2.27. The second kappa shape index (κ2) is 4.23. The van der Waals surface area contributed by atoms with Crippen molar-refractivity contribution in [1.82, 2.24) is 9.78 Å². The van der Waals surface area contributed by atoms with Crippen molar-refractivity contribution < 1.29 is 4.74 Å². The molecule has 0 amide bonds. The maximum atomic E-state index is 5.90. The number of anilines is 1. The van der Waals surface area contributed by atoms with Crippen LogP contribution in [0, 0.1) is 19.8 Å². The molecule has 1 aliphatic heterocycles. The zero-order valence-electron chi connectivity index (χ0n) is 9.49. The Bertz CT molecular complexity index is 340. The molecule has 0 bridgehead atoms. The van der Waals surface area contributed by atoms with Crippen LogP contribution >= 0.6 is 0 Å². The number of rotatable bonds is 2. The molecule has 15 heavy (non-hydrogen) atoms. The quantitative estimate of drug-likeness (QED) is 0.803. The minimum atomic E-state index is 0.691. The lowest BCUT2D eigenvalue weighted by atomic mass is 10.0. The molecule has 1 saturated heterocycles. The van der Waals surface area contributed by atoms with Crippen LogP contribution in [0.15, 0.2) is 0 Å². The van der Waals surface area contributed by atoms with E-state index in [-0.39, 0.29) is 0 Å². The van der Waals surface area contributed by atoms with E-state index in [0.29, 0.717) is 5.92 Å². The van der Waals surface area contributed by atoms with E-state index in [1.54, 1.807) is 0 Å². The van der Waals surface area contributed by atoms with Crippen molar-refractivity contribution in [3.8, 4) is 0 Å². The molecule has 2 heterocycles. The van der Waals surface area contributed by atoms with Gasteiger partial charge in [-0.1, -0.05) is 0 Å². The van der Waals surface area contributed by atoms with Gasteiger partial charge in [0.2, 0.25) is 0 Å². The minimum Gasteiger partial charge on any atom is -0.396 e. The van der Waals surface area contributed by atoms with Crippen molar-refractivity contribution in [3.63, 3.8) is 0 Å². The average molecular weight is 209 g/mol. The van der Waals surface area contributed by atoms with Crippen molar-refractivity contribution in [2.45, 2.75) is 33.2 Å². The summed E-state index contributed by atoms with van der Waals surface area (Å²) in [6.45, 7) is 6.75. The van der Waals surface area contributed by atoms with Gasteiger partial charge >= 0.3 is 0 Å². The van der Waals surface area contributed by atoms with Gasteiger partial charge in [0.25, 0.3) is 0 Å². The van der Waals surface area contributed by atoms with Gasteiger partial charge in [-0.2, -0.15) is 5.10 Å². The summed E-state index contributed by atoms with van der Waals surface area (Å²) < 4.78 is 7.38. The van der Waals surface area contributed by atoms with Crippen LogP contribution in [0.4, 0.5) is 5.69 Å². The lowest BCUT2D eigenvalue weighted by Gasteiger charge is -2.22. The molecule has 1 aliphatic rings. The highest BCUT2D eigenvalue weighted by molar-refractivity contribution is 5.46. The molecule has 0 atom stereocenters. The standard InChI is InChI=1S/C11H19N3O/c1-8-11(12)9(2)14(13-8)7-10-3-5-15-6-4-10/h10H,3-7,12H2,1-2H3. The molecule has 0 radical (unpaired) electrons. The van der Waals surface area contributed by atoms with Gasteiger partial charge < -0.3 is 10.5 Å². The topological polar surface area (TPSA) is 53.1 Å². The van der Waals surface area contributed by atoms with Crippen LogP contribution in [0.5, 0.6) is 0 Å². The highest BCUT2D eigenvalue weighted by Crippen LogP contribution is 2.20. The molecular weight excluding hydrogens is 190 g/mol. The maximum absolute atomic E-state index is 5.90. The van der Waals surface area contributed by atoms with Crippen LogP contribution in [0.2, 0.25) is 0 Å². The van der Waals surface area contributed by atoms with Crippen LogP contribution in [0.1, 0.15) is 24.2 Å². The summed E-state index contributed by atoms with van der Waals surface area (Å²) in [6, 6.07) is 0. The number of ether oxygens (including phenoxy) is 1. The Hall–Kier alpha value is -1.03. The maximum Gasteiger partial charge on any atom is 0.0825 e. The molecule has 0 spiro atoms. The molecule has 2 rings (SSSR count). The molecule has 4 nitrogen and oxygen atoms in total. The summed E-state index contributed by atoms with van der Waals surface area (Å²) in [5, 5.41) is 4.45. The van der Waals surface area contributed by atoms with Crippen molar-refractivity contribution >= 4 is 5.69 Å². The van der Waals surface area contributed by atoms with E-state index in [0.717, 1.165) is 49.7 Å². The predicted octanol–water partition coefficient (Wildman–Crippen LogP) is 1.51. The zero-order valence-corrected chi connectivity index (χ0v) is 9.49. The minimum absolute atomic E-state index is 0.691. The fourth-order valence-corrected chi connectivity index (χ4v) is 2.06. The van der Waals surface area contributed by atoms with E-state index in [4.69, 9.17) is 10.5 Å². The van der Waals surface area contributed by atoms with Crippen molar-refractivity contribution in [1.29, 1.82) is 0 Å². The number of nitrogens with two attached hydrogens (primary N) is 1. The van der Waals surface area contributed by atoms with Crippen LogP contribution < -0.4 is 5.73 Å². The average Bonchev–Trinajstić information content (AvgIpc) is 2.48. The third kappa shape index (κ3) is 2.15. The first-order chi connectivity index (χ1) is 7.18. The third-order valence-corrected chi connectivity index (χ3v) is 3.21. The van der Waals surface area contributed by atoms with Gasteiger partial charge in [-0.05, 0) is 32.6 Å². The molecule has 1 aromatic heterocycles. The Balaban J connectivity index is 2.06. The van der Waals surface area contributed by atoms with Crippen molar-refractivity contribution in [2.24, 2.45) is 5.92 Å². The molecule has 1 aromatic rings. The summed E-state index contributed by atoms with van der Waals surface area (Å²) in [5.74, 6) is 0.691. The lowest BCUT2D eigenvalue weighted by Crippen LogP contribution is -2.21. The van der Waals surface area contributed by atoms with Crippen molar-refractivity contribution in [2.75, 3.05) is 18.9 Å². The van der Waals surface area contributed by atoms with Crippen molar-refractivity contribution in [3.05, 3.63) is 11.4 Å². The zero-order chi connectivity index (χ0) is 10.8. The SMILES string of the molecule is Cc1nn(CC2CCOCC2)c(C)c1N. The Labute approximate surface area is 90.4 Å². The Morgan fingerprint density at radius 1 is 1.40 bits per heavy atom. The van der Waals surface area contributed by atoms with Gasteiger partial charge in [-0.25, -0.2) is 0 Å². The van der Waals surface area contributed by atoms with E-state index in [1.807, 2.05) is 18.5 Å². The van der Waals surface area contributed by atoms with Gasteiger partial charge in [0.1, 0.15) is 0 Å². The van der Waals surface area contributed by atoms with Crippen LogP contribution in [0.25, 0.3) is 0 Å². The first kappa shape index (κ1) is 10.5. The Morgan fingerprint density at radius 3 is 2.60 bits per heavy atom. The van der Waals surface area contributed by atoms with E-state index in [1.165, 1.54) is 0 Å². The summed E-state index contributed by atoms with van der Waals surface area (Å²) in [4.78, 5) is 0. The number of aryl methyl sites for hydroxylation is 1. The van der Waals surface area contributed by atoms with Crippen LogP contribution in [-0.4, -0.2) is 23.0 Å². The molecule has 0 saturated carbocycles. The van der Waals surface area contributed by atoms with Crippen LogP contribution in [0.3, 0.4) is 0 Å². The predicted molar refractivity (Wildman–Crippen MR) is 59.7 cm³/mol. The smallest absolute Gasteiger partial charge is 0.0825 e. The fourth-order valence-electron chi connectivity index (χ4n) is 2.06. The number of nitrogen functional groups attached to an aromatic ring is 1. The van der Waals surface area contributed by atoms with Gasteiger partial charge in [-0.15, -0.1) is 0 Å².